The van der Waals surface area contributed by atoms with Crippen LogP contribution in [0.3, 0.4) is 0 Å². The lowest BCUT2D eigenvalue weighted by molar-refractivity contribution is 1.04. The van der Waals surface area contributed by atoms with Gasteiger partial charge in [0.2, 0.25) is 0 Å². The van der Waals surface area contributed by atoms with Gasteiger partial charge in [-0.3, -0.25) is 0 Å². The minimum atomic E-state index is 0.790. The van der Waals surface area contributed by atoms with E-state index in [0.717, 1.165) is 5.92 Å². The molecule has 1 saturated carbocycles. The van der Waals surface area contributed by atoms with E-state index in [0.29, 0.717) is 0 Å². The van der Waals surface area contributed by atoms with Crippen LogP contribution in [0.4, 0.5) is 0 Å². The lowest BCUT2D eigenvalue weighted by Gasteiger charge is -2.01. The fourth-order valence-corrected chi connectivity index (χ4v) is 1.55. The second kappa shape index (κ2) is 3.91. The molecule has 0 nitrogen and oxygen atoms in total. The first-order valence-electron chi connectivity index (χ1n) is 3.94. The summed E-state index contributed by atoms with van der Waals surface area (Å²) in [6.07, 6.45) is 8.72. The number of hydrogen-bond acceptors (Lipinski definition) is 0. The summed E-state index contributed by atoms with van der Waals surface area (Å²) in [6.45, 7) is 5.75. The fourth-order valence-electron chi connectivity index (χ4n) is 1.10. The minimum absolute atomic E-state index is 0.790. The molecule has 1 aliphatic rings. The highest BCUT2D eigenvalue weighted by atomic mass is 79.9. The molecule has 0 saturated heterocycles. The fraction of sp³-hybridized carbons (Fsp3) is 0.400. The second-order valence-electron chi connectivity index (χ2n) is 2.77. The van der Waals surface area contributed by atoms with E-state index >= 15 is 0 Å². The number of hydrogen-bond donors (Lipinski definition) is 0. The Morgan fingerprint density at radius 2 is 2.18 bits per heavy atom. The van der Waals surface area contributed by atoms with Crippen molar-refractivity contribution in [2.45, 2.75) is 19.8 Å². The Kier molecular flexibility index (Phi) is 3.13. The van der Waals surface area contributed by atoms with E-state index in [2.05, 4.69) is 34.7 Å². The molecule has 1 aliphatic carbocycles. The molecule has 60 valence electrons. The predicted octanol–water partition coefficient (Wildman–Crippen LogP) is 3.81. The number of rotatable bonds is 3. The van der Waals surface area contributed by atoms with E-state index in [1.54, 1.807) is 0 Å². The summed E-state index contributed by atoms with van der Waals surface area (Å²) < 4.78 is 1.22. The monoisotopic (exact) mass is 212 g/mol. The normalized spacial score (nSPS) is 20.2. The first-order chi connectivity index (χ1) is 5.29. The van der Waals surface area contributed by atoms with Gasteiger partial charge in [-0.15, -0.1) is 0 Å². The molecular weight excluding hydrogens is 200 g/mol. The van der Waals surface area contributed by atoms with Gasteiger partial charge >= 0.3 is 0 Å². The third-order valence-electron chi connectivity index (χ3n) is 1.84. The van der Waals surface area contributed by atoms with Gasteiger partial charge < -0.3 is 0 Å². The largest absolute Gasteiger partial charge is 0.0991 e. The lowest BCUT2D eigenvalue weighted by Crippen LogP contribution is -1.84. The smallest absolute Gasteiger partial charge is 0.0167 e. The van der Waals surface area contributed by atoms with Crippen molar-refractivity contribution in [3.05, 3.63) is 34.9 Å². The highest BCUT2D eigenvalue weighted by molar-refractivity contribution is 9.12. The quantitative estimate of drug-likeness (QED) is 0.625. The van der Waals surface area contributed by atoms with Gasteiger partial charge in [-0.25, -0.2) is 0 Å². The number of allylic oxidation sites excluding steroid dienone is 5. The summed E-state index contributed by atoms with van der Waals surface area (Å²) in [5, 5.41) is 0. The van der Waals surface area contributed by atoms with Crippen LogP contribution in [0.15, 0.2) is 34.9 Å². The van der Waals surface area contributed by atoms with E-state index in [4.69, 9.17) is 0 Å². The zero-order chi connectivity index (χ0) is 8.27. The maximum absolute atomic E-state index is 3.70. The Hall–Kier alpha value is -0.300. The van der Waals surface area contributed by atoms with Crippen LogP contribution in [0, 0.1) is 5.92 Å². The molecule has 1 fully saturated rings. The molecule has 0 amide bonds. The summed E-state index contributed by atoms with van der Waals surface area (Å²) in [5.41, 5.74) is 1.41. The van der Waals surface area contributed by atoms with Crippen LogP contribution in [0.25, 0.3) is 0 Å². The topological polar surface area (TPSA) is 0 Å². The molecule has 0 aromatic carbocycles. The zero-order valence-corrected chi connectivity index (χ0v) is 8.39. The van der Waals surface area contributed by atoms with Crippen molar-refractivity contribution in [1.29, 1.82) is 0 Å². The van der Waals surface area contributed by atoms with Crippen LogP contribution in [0.2, 0.25) is 0 Å². The molecule has 1 rings (SSSR count). The zero-order valence-electron chi connectivity index (χ0n) is 6.81. The molecule has 0 heterocycles. The van der Waals surface area contributed by atoms with Crippen LogP contribution in [0.1, 0.15) is 19.8 Å². The molecule has 1 heteroatoms. The van der Waals surface area contributed by atoms with Gasteiger partial charge in [0.1, 0.15) is 0 Å². The van der Waals surface area contributed by atoms with E-state index in [9.17, 15) is 0 Å². The second-order valence-corrected chi connectivity index (χ2v) is 3.62. The first kappa shape index (κ1) is 8.79. The molecule has 0 aromatic rings. The van der Waals surface area contributed by atoms with Crippen molar-refractivity contribution < 1.29 is 0 Å². The molecule has 0 spiro atoms. The molecule has 0 unspecified atom stereocenters. The van der Waals surface area contributed by atoms with Crippen molar-refractivity contribution >= 4 is 15.9 Å². The van der Waals surface area contributed by atoms with Crippen molar-refractivity contribution in [2.75, 3.05) is 0 Å². The Labute approximate surface area is 76.8 Å². The third-order valence-corrected chi connectivity index (χ3v) is 2.76. The van der Waals surface area contributed by atoms with Crippen LogP contribution < -0.4 is 0 Å². The van der Waals surface area contributed by atoms with E-state index in [1.807, 2.05) is 13.0 Å². The summed E-state index contributed by atoms with van der Waals surface area (Å²) in [4.78, 5) is 0. The van der Waals surface area contributed by atoms with Crippen LogP contribution >= 0.6 is 15.9 Å². The van der Waals surface area contributed by atoms with Gasteiger partial charge in [-0.2, -0.15) is 0 Å². The van der Waals surface area contributed by atoms with E-state index < -0.39 is 0 Å². The predicted molar refractivity (Wildman–Crippen MR) is 53.7 cm³/mol. The summed E-state index contributed by atoms with van der Waals surface area (Å²) in [6, 6.07) is 0. The van der Waals surface area contributed by atoms with Crippen molar-refractivity contribution in [1.82, 2.24) is 0 Å². The number of halogens is 1. The molecule has 0 bridgehead atoms. The SMILES string of the molecule is C=C/C=C(\C(Br)=C/C)C1CC1. The van der Waals surface area contributed by atoms with Crippen molar-refractivity contribution in [2.24, 2.45) is 5.92 Å². The van der Waals surface area contributed by atoms with Crippen molar-refractivity contribution in [3.63, 3.8) is 0 Å². The highest BCUT2D eigenvalue weighted by Crippen LogP contribution is 2.41. The summed E-state index contributed by atoms with van der Waals surface area (Å²) in [5.74, 6) is 0.790. The minimum Gasteiger partial charge on any atom is -0.0991 e. The van der Waals surface area contributed by atoms with Crippen LogP contribution in [-0.4, -0.2) is 0 Å². The third kappa shape index (κ3) is 2.33. The molecular formula is C10H13Br. The van der Waals surface area contributed by atoms with E-state index in [1.165, 1.54) is 22.9 Å². The van der Waals surface area contributed by atoms with Gasteiger partial charge in [-0.05, 0) is 31.3 Å². The molecule has 0 aliphatic heterocycles. The van der Waals surface area contributed by atoms with Crippen molar-refractivity contribution in [3.8, 4) is 0 Å². The maximum atomic E-state index is 3.70. The lowest BCUT2D eigenvalue weighted by atomic mass is 10.1. The average Bonchev–Trinajstić information content (AvgIpc) is 2.81. The molecule has 0 aromatic heterocycles. The van der Waals surface area contributed by atoms with Crippen LogP contribution in [0.5, 0.6) is 0 Å². The Bertz CT molecular complexity index is 207. The highest BCUT2D eigenvalue weighted by Gasteiger charge is 2.26. The molecule has 0 radical (unpaired) electrons. The van der Waals surface area contributed by atoms with Gasteiger partial charge in [0.25, 0.3) is 0 Å². The Balaban J connectivity index is 2.73. The molecule has 0 N–H and O–H groups in total. The first-order valence-corrected chi connectivity index (χ1v) is 4.73. The Morgan fingerprint density at radius 1 is 1.55 bits per heavy atom. The molecule has 11 heavy (non-hydrogen) atoms. The van der Waals surface area contributed by atoms with Gasteiger partial charge in [0, 0.05) is 4.48 Å². The van der Waals surface area contributed by atoms with Gasteiger partial charge in [0.15, 0.2) is 0 Å². The maximum Gasteiger partial charge on any atom is 0.0167 e. The standard InChI is InChI=1S/C10H13Br/c1-3-5-9(8-6-7-8)10(11)4-2/h3-5,8H,1,6-7H2,2H3/b9-5-,10-4+. The summed E-state index contributed by atoms with van der Waals surface area (Å²) >= 11 is 3.53. The van der Waals surface area contributed by atoms with Gasteiger partial charge in [-0.1, -0.05) is 40.7 Å². The van der Waals surface area contributed by atoms with E-state index in [-0.39, 0.29) is 0 Å². The molecule has 0 atom stereocenters. The van der Waals surface area contributed by atoms with Gasteiger partial charge in [0.05, 0.1) is 0 Å². The Morgan fingerprint density at radius 3 is 2.55 bits per heavy atom. The summed E-state index contributed by atoms with van der Waals surface area (Å²) in [7, 11) is 0. The average molecular weight is 213 g/mol. The van der Waals surface area contributed by atoms with Crippen LogP contribution in [-0.2, 0) is 0 Å².